The molecule has 0 saturated carbocycles. The van der Waals surface area contributed by atoms with E-state index in [2.05, 4.69) is 6.58 Å². The predicted octanol–water partition coefficient (Wildman–Crippen LogP) is 4.80. The van der Waals surface area contributed by atoms with Gasteiger partial charge in [0.05, 0.1) is 7.11 Å². The van der Waals surface area contributed by atoms with E-state index in [0.717, 1.165) is 16.5 Å². The lowest BCUT2D eigenvalue weighted by atomic mass is 10.1. The Bertz CT molecular complexity index is 1030. The third kappa shape index (κ3) is 5.92. The van der Waals surface area contributed by atoms with Crippen LogP contribution in [0.15, 0.2) is 72.8 Å². The van der Waals surface area contributed by atoms with E-state index in [0.29, 0.717) is 36.0 Å². The van der Waals surface area contributed by atoms with Crippen LogP contribution >= 0.6 is 0 Å². The number of hydrogen-bond acceptors (Lipinski definition) is 6. The lowest BCUT2D eigenvalue weighted by molar-refractivity contribution is -0.139. The van der Waals surface area contributed by atoms with Crippen molar-refractivity contribution < 1.29 is 28.5 Å². The van der Waals surface area contributed by atoms with Gasteiger partial charge in [0.1, 0.15) is 37.9 Å². The molecule has 0 saturated heterocycles. The molecule has 0 unspecified atom stereocenters. The number of esters is 1. The molecule has 162 valence electrons. The van der Waals surface area contributed by atoms with Gasteiger partial charge >= 0.3 is 5.97 Å². The average molecular weight is 422 g/mol. The van der Waals surface area contributed by atoms with Crippen molar-refractivity contribution in [1.29, 1.82) is 0 Å². The molecular formula is C25H26O6. The van der Waals surface area contributed by atoms with Gasteiger partial charge in [-0.3, -0.25) is 0 Å². The minimum atomic E-state index is -0.443. The molecule has 0 atom stereocenters. The molecule has 31 heavy (non-hydrogen) atoms. The van der Waals surface area contributed by atoms with Crippen molar-refractivity contribution in [2.75, 3.05) is 33.5 Å². The van der Waals surface area contributed by atoms with Gasteiger partial charge in [-0.1, -0.05) is 49.0 Å². The van der Waals surface area contributed by atoms with Crippen LogP contribution in [-0.4, -0.2) is 39.5 Å². The van der Waals surface area contributed by atoms with E-state index in [1.807, 2.05) is 54.6 Å². The number of carbonyl (C=O) groups excluding carboxylic acids is 1. The van der Waals surface area contributed by atoms with Crippen molar-refractivity contribution >= 4 is 16.7 Å². The van der Waals surface area contributed by atoms with Crippen molar-refractivity contribution in [3.05, 3.63) is 72.8 Å². The van der Waals surface area contributed by atoms with Crippen molar-refractivity contribution in [3.8, 4) is 23.0 Å². The summed E-state index contributed by atoms with van der Waals surface area (Å²) >= 11 is 0. The van der Waals surface area contributed by atoms with Crippen molar-refractivity contribution in [1.82, 2.24) is 0 Å². The second-order valence-corrected chi connectivity index (χ2v) is 6.73. The monoisotopic (exact) mass is 422 g/mol. The molecule has 3 aromatic carbocycles. The van der Waals surface area contributed by atoms with E-state index in [9.17, 15) is 4.79 Å². The first kappa shape index (κ1) is 22.0. The van der Waals surface area contributed by atoms with Crippen LogP contribution in [0.1, 0.15) is 6.92 Å². The Balaban J connectivity index is 1.69. The van der Waals surface area contributed by atoms with Gasteiger partial charge in [0.15, 0.2) is 11.5 Å². The molecule has 6 nitrogen and oxygen atoms in total. The van der Waals surface area contributed by atoms with Gasteiger partial charge in [0.2, 0.25) is 0 Å². The Kier molecular flexibility index (Phi) is 7.76. The van der Waals surface area contributed by atoms with E-state index in [4.69, 9.17) is 23.7 Å². The van der Waals surface area contributed by atoms with E-state index in [1.54, 1.807) is 20.1 Å². The maximum absolute atomic E-state index is 11.5. The highest BCUT2D eigenvalue weighted by Crippen LogP contribution is 2.41. The number of benzene rings is 3. The fourth-order valence-corrected chi connectivity index (χ4v) is 2.94. The molecule has 0 heterocycles. The first-order valence-corrected chi connectivity index (χ1v) is 9.96. The molecule has 0 aliphatic heterocycles. The summed E-state index contributed by atoms with van der Waals surface area (Å²) in [7, 11) is 1.57. The summed E-state index contributed by atoms with van der Waals surface area (Å²) < 4.78 is 28.2. The maximum atomic E-state index is 11.5. The molecule has 0 N–H and O–H groups in total. The zero-order chi connectivity index (χ0) is 22.1. The zero-order valence-corrected chi connectivity index (χ0v) is 17.8. The molecule has 0 aliphatic rings. The standard InChI is InChI=1S/C25H26O6/c1-18(2)25(26)31-16-15-30-24-21-12-8-7-11-20(21)22(17-23(24)27-3)29-14-13-28-19-9-5-4-6-10-19/h4-12,17H,1,13-16H2,2-3H3. The molecule has 0 spiro atoms. The average Bonchev–Trinajstić information content (AvgIpc) is 2.80. The number of rotatable bonds is 11. The summed E-state index contributed by atoms with van der Waals surface area (Å²) in [5.74, 6) is 2.12. The summed E-state index contributed by atoms with van der Waals surface area (Å²) in [6, 6.07) is 19.1. The molecule has 3 aromatic rings. The van der Waals surface area contributed by atoms with Gasteiger partial charge in [0, 0.05) is 22.4 Å². The third-order valence-corrected chi connectivity index (χ3v) is 4.41. The minimum Gasteiger partial charge on any atom is -0.493 e. The topological polar surface area (TPSA) is 63.2 Å². The van der Waals surface area contributed by atoms with Crippen LogP contribution in [-0.2, 0) is 9.53 Å². The summed E-state index contributed by atoms with van der Waals surface area (Å²) in [5, 5.41) is 1.73. The molecule has 6 heteroatoms. The highest BCUT2D eigenvalue weighted by atomic mass is 16.6. The van der Waals surface area contributed by atoms with Crippen molar-refractivity contribution in [2.24, 2.45) is 0 Å². The molecule has 0 aromatic heterocycles. The smallest absolute Gasteiger partial charge is 0.333 e. The Morgan fingerprint density at radius 2 is 1.45 bits per heavy atom. The normalized spacial score (nSPS) is 10.4. The second-order valence-electron chi connectivity index (χ2n) is 6.73. The Hall–Kier alpha value is -3.67. The number of fused-ring (bicyclic) bond motifs is 1. The molecular weight excluding hydrogens is 396 g/mol. The number of ether oxygens (including phenoxy) is 5. The summed E-state index contributed by atoms with van der Waals surface area (Å²) in [6.07, 6.45) is 0. The molecule has 0 amide bonds. The Labute approximate surface area is 181 Å². The van der Waals surface area contributed by atoms with Crippen LogP contribution < -0.4 is 18.9 Å². The predicted molar refractivity (Wildman–Crippen MR) is 119 cm³/mol. The number of hydrogen-bond donors (Lipinski definition) is 0. The molecule has 0 aliphatic carbocycles. The van der Waals surface area contributed by atoms with Gasteiger partial charge in [-0.25, -0.2) is 4.79 Å². The first-order chi connectivity index (χ1) is 15.1. The highest BCUT2D eigenvalue weighted by Gasteiger charge is 2.15. The quantitative estimate of drug-likeness (QED) is 0.251. The minimum absolute atomic E-state index is 0.109. The van der Waals surface area contributed by atoms with Gasteiger partial charge < -0.3 is 23.7 Å². The van der Waals surface area contributed by atoms with E-state index >= 15 is 0 Å². The van der Waals surface area contributed by atoms with Gasteiger partial charge in [-0.05, 0) is 19.1 Å². The molecule has 0 bridgehead atoms. The molecule has 3 rings (SSSR count). The van der Waals surface area contributed by atoms with Crippen molar-refractivity contribution in [3.63, 3.8) is 0 Å². The SMILES string of the molecule is C=C(C)C(=O)OCCOc1c(OC)cc(OCCOc2ccccc2)c2ccccc12. The lowest BCUT2D eigenvalue weighted by Crippen LogP contribution is -2.13. The third-order valence-electron chi connectivity index (χ3n) is 4.41. The summed E-state index contributed by atoms with van der Waals surface area (Å²) in [5.41, 5.74) is 0.348. The largest absolute Gasteiger partial charge is 0.493 e. The fraction of sp³-hybridized carbons (Fsp3) is 0.240. The highest BCUT2D eigenvalue weighted by molar-refractivity contribution is 5.95. The van der Waals surface area contributed by atoms with Crippen LogP contribution in [0.3, 0.4) is 0 Å². The van der Waals surface area contributed by atoms with Crippen LogP contribution in [0.4, 0.5) is 0 Å². The van der Waals surface area contributed by atoms with Crippen molar-refractivity contribution in [2.45, 2.75) is 6.92 Å². The van der Waals surface area contributed by atoms with Crippen LogP contribution in [0, 0.1) is 0 Å². The van der Waals surface area contributed by atoms with E-state index in [-0.39, 0.29) is 13.2 Å². The Morgan fingerprint density at radius 3 is 2.16 bits per heavy atom. The number of methoxy groups -OCH3 is 1. The first-order valence-electron chi connectivity index (χ1n) is 9.96. The van der Waals surface area contributed by atoms with Crippen LogP contribution in [0.2, 0.25) is 0 Å². The van der Waals surface area contributed by atoms with Crippen LogP contribution in [0.25, 0.3) is 10.8 Å². The fourth-order valence-electron chi connectivity index (χ4n) is 2.94. The number of para-hydroxylation sites is 1. The van der Waals surface area contributed by atoms with Gasteiger partial charge in [-0.15, -0.1) is 0 Å². The zero-order valence-electron chi connectivity index (χ0n) is 17.8. The van der Waals surface area contributed by atoms with Gasteiger partial charge in [0.25, 0.3) is 0 Å². The van der Waals surface area contributed by atoms with E-state index < -0.39 is 5.97 Å². The van der Waals surface area contributed by atoms with Crippen LogP contribution in [0.5, 0.6) is 23.0 Å². The van der Waals surface area contributed by atoms with Gasteiger partial charge in [-0.2, -0.15) is 0 Å². The summed E-state index contributed by atoms with van der Waals surface area (Å²) in [4.78, 5) is 11.5. The maximum Gasteiger partial charge on any atom is 0.333 e. The number of carbonyl (C=O) groups is 1. The van der Waals surface area contributed by atoms with E-state index in [1.165, 1.54) is 0 Å². The second kappa shape index (κ2) is 10.9. The lowest BCUT2D eigenvalue weighted by Gasteiger charge is -2.17. The molecule has 0 fully saturated rings. The molecule has 0 radical (unpaired) electrons. The Morgan fingerprint density at radius 1 is 0.806 bits per heavy atom. The summed E-state index contributed by atoms with van der Waals surface area (Å²) in [6.45, 7) is 6.24.